The molecule has 0 aliphatic heterocycles. The first kappa shape index (κ1) is 42.7. The van der Waals surface area contributed by atoms with E-state index in [1.54, 1.807) is 7.11 Å². The van der Waals surface area contributed by atoms with Crippen molar-refractivity contribution in [2.45, 2.75) is 174 Å². The summed E-state index contributed by atoms with van der Waals surface area (Å²) in [4.78, 5) is 37.4. The van der Waals surface area contributed by atoms with Gasteiger partial charge in [-0.3, -0.25) is 14.4 Å². The number of amides is 1. The fourth-order valence-electron chi connectivity index (χ4n) is 4.90. The molecule has 1 unspecified atom stereocenters. The summed E-state index contributed by atoms with van der Waals surface area (Å²) in [5.41, 5.74) is 6.11. The van der Waals surface area contributed by atoms with Crippen LogP contribution in [0.15, 0.2) is 0 Å². The van der Waals surface area contributed by atoms with Crippen molar-refractivity contribution >= 4 is 29.6 Å². The SMILES string of the molecule is CCCCCCCCCCCC(=O)OC[C@H](CSC[C@H](N)C(=O)NC(C)CCOC)OC(=O)CCCCCCCCCCC. The van der Waals surface area contributed by atoms with E-state index in [2.05, 4.69) is 19.2 Å². The van der Waals surface area contributed by atoms with E-state index in [4.69, 9.17) is 19.9 Å². The van der Waals surface area contributed by atoms with Crippen molar-refractivity contribution in [2.24, 2.45) is 5.73 Å². The number of unbranched alkanes of at least 4 members (excludes halogenated alkanes) is 16. The topological polar surface area (TPSA) is 117 Å². The zero-order valence-corrected chi connectivity index (χ0v) is 29.7. The highest BCUT2D eigenvalue weighted by molar-refractivity contribution is 7.99. The van der Waals surface area contributed by atoms with Crippen molar-refractivity contribution in [1.29, 1.82) is 0 Å². The lowest BCUT2D eigenvalue weighted by Gasteiger charge is -2.20. The van der Waals surface area contributed by atoms with Gasteiger partial charge in [0.25, 0.3) is 0 Å². The average Bonchev–Trinajstić information content (AvgIpc) is 3.00. The summed E-state index contributed by atoms with van der Waals surface area (Å²) in [6.45, 7) is 6.97. The highest BCUT2D eigenvalue weighted by Crippen LogP contribution is 2.14. The van der Waals surface area contributed by atoms with Gasteiger partial charge in [-0.2, -0.15) is 11.8 Å². The van der Waals surface area contributed by atoms with Crippen LogP contribution in [0.25, 0.3) is 0 Å². The minimum atomic E-state index is -0.683. The highest BCUT2D eigenvalue weighted by atomic mass is 32.2. The van der Waals surface area contributed by atoms with E-state index >= 15 is 0 Å². The molecule has 3 atom stereocenters. The summed E-state index contributed by atoms with van der Waals surface area (Å²) >= 11 is 1.43. The maximum atomic E-state index is 12.6. The maximum absolute atomic E-state index is 12.6. The van der Waals surface area contributed by atoms with Crippen LogP contribution in [-0.4, -0.2) is 67.9 Å². The molecule has 0 rings (SSSR count). The number of carbonyl (C=O) groups is 3. The summed E-state index contributed by atoms with van der Waals surface area (Å²) in [6, 6.07) is -0.712. The van der Waals surface area contributed by atoms with Gasteiger partial charge in [-0.1, -0.05) is 117 Å². The van der Waals surface area contributed by atoms with Crippen molar-refractivity contribution in [3.63, 3.8) is 0 Å². The van der Waals surface area contributed by atoms with E-state index in [1.807, 2.05) is 6.92 Å². The Morgan fingerprint density at radius 3 is 1.68 bits per heavy atom. The Morgan fingerprint density at radius 2 is 1.18 bits per heavy atom. The standard InChI is InChI=1S/C35H68N2O6S/c1-5-7-9-11-13-15-17-19-21-23-33(38)42-27-31(28-44-29-32(36)35(40)37-30(3)25-26-41-4)43-34(39)24-22-20-18-16-14-12-10-8-6-2/h30-32H,5-29,36H2,1-4H3,(H,37,40)/t30?,31-,32+/m1/s1. The fourth-order valence-corrected chi connectivity index (χ4v) is 5.87. The fraction of sp³-hybridized carbons (Fsp3) is 0.914. The highest BCUT2D eigenvalue weighted by Gasteiger charge is 2.20. The van der Waals surface area contributed by atoms with Gasteiger partial charge in [-0.15, -0.1) is 0 Å². The van der Waals surface area contributed by atoms with Crippen molar-refractivity contribution in [1.82, 2.24) is 5.32 Å². The molecule has 0 bridgehead atoms. The molecule has 1 amide bonds. The van der Waals surface area contributed by atoms with Gasteiger partial charge in [-0.25, -0.2) is 0 Å². The first-order chi connectivity index (χ1) is 21.3. The largest absolute Gasteiger partial charge is 0.462 e. The molecule has 260 valence electrons. The molecule has 9 heteroatoms. The van der Waals surface area contributed by atoms with Gasteiger partial charge in [0, 0.05) is 44.1 Å². The number of nitrogens with one attached hydrogen (secondary N) is 1. The quantitative estimate of drug-likeness (QED) is 0.0561. The molecule has 0 saturated heterocycles. The second-order valence-corrected chi connectivity index (χ2v) is 13.4. The van der Waals surface area contributed by atoms with Crippen molar-refractivity contribution in [3.05, 3.63) is 0 Å². The molecule has 0 spiro atoms. The molecule has 8 nitrogen and oxygen atoms in total. The van der Waals surface area contributed by atoms with E-state index in [0.717, 1.165) is 38.5 Å². The predicted octanol–water partition coefficient (Wildman–Crippen LogP) is 7.88. The summed E-state index contributed by atoms with van der Waals surface area (Å²) in [6.07, 6.45) is 22.2. The zero-order valence-electron chi connectivity index (χ0n) is 28.8. The van der Waals surface area contributed by atoms with Gasteiger partial charge in [0.2, 0.25) is 5.91 Å². The van der Waals surface area contributed by atoms with Crippen molar-refractivity contribution in [2.75, 3.05) is 31.8 Å². The van der Waals surface area contributed by atoms with Gasteiger partial charge in [-0.05, 0) is 26.2 Å². The van der Waals surface area contributed by atoms with Crippen LogP contribution in [0, 0.1) is 0 Å². The van der Waals surface area contributed by atoms with E-state index in [1.165, 1.54) is 88.8 Å². The molecule has 0 saturated carbocycles. The normalized spacial score (nSPS) is 13.3. The molecule has 0 aromatic carbocycles. The van der Waals surface area contributed by atoms with Crippen LogP contribution in [0.3, 0.4) is 0 Å². The average molecular weight is 645 g/mol. The second kappa shape index (κ2) is 31.7. The van der Waals surface area contributed by atoms with Gasteiger partial charge in [0.1, 0.15) is 12.7 Å². The molecular weight excluding hydrogens is 576 g/mol. The van der Waals surface area contributed by atoms with Crippen LogP contribution < -0.4 is 11.1 Å². The molecule has 0 aromatic heterocycles. The lowest BCUT2D eigenvalue weighted by molar-refractivity contribution is -0.157. The van der Waals surface area contributed by atoms with Crippen molar-refractivity contribution < 1.29 is 28.6 Å². The number of nitrogens with two attached hydrogens (primary N) is 1. The van der Waals surface area contributed by atoms with Gasteiger partial charge >= 0.3 is 11.9 Å². The first-order valence-corrected chi connectivity index (χ1v) is 19.0. The summed E-state index contributed by atoms with van der Waals surface area (Å²) < 4.78 is 16.3. The van der Waals surface area contributed by atoms with E-state index in [9.17, 15) is 14.4 Å². The van der Waals surface area contributed by atoms with Crippen LogP contribution in [0.1, 0.15) is 156 Å². The summed E-state index contributed by atoms with van der Waals surface area (Å²) in [5.74, 6) is 0.0605. The third-order valence-electron chi connectivity index (χ3n) is 7.78. The molecule has 0 aliphatic rings. The van der Waals surface area contributed by atoms with Gasteiger partial charge < -0.3 is 25.3 Å². The minimum Gasteiger partial charge on any atom is -0.462 e. The van der Waals surface area contributed by atoms with Crippen LogP contribution in [0.5, 0.6) is 0 Å². The molecule has 3 N–H and O–H groups in total. The lowest BCUT2D eigenvalue weighted by atomic mass is 10.1. The molecule has 0 aliphatic carbocycles. The number of ether oxygens (including phenoxy) is 3. The minimum absolute atomic E-state index is 0.0292. The van der Waals surface area contributed by atoms with Crippen LogP contribution >= 0.6 is 11.8 Å². The van der Waals surface area contributed by atoms with E-state index < -0.39 is 12.1 Å². The summed E-state index contributed by atoms with van der Waals surface area (Å²) in [7, 11) is 1.63. The number of esters is 2. The number of hydrogen-bond acceptors (Lipinski definition) is 8. The number of rotatable bonds is 32. The second-order valence-electron chi connectivity index (χ2n) is 12.3. The third-order valence-corrected chi connectivity index (χ3v) is 8.98. The molecule has 0 radical (unpaired) electrons. The van der Waals surface area contributed by atoms with Crippen LogP contribution in [0.4, 0.5) is 0 Å². The van der Waals surface area contributed by atoms with Crippen LogP contribution in [0.2, 0.25) is 0 Å². The maximum Gasteiger partial charge on any atom is 0.306 e. The Hall–Kier alpha value is -1.32. The van der Waals surface area contributed by atoms with E-state index in [-0.39, 0.29) is 30.5 Å². The van der Waals surface area contributed by atoms with E-state index in [0.29, 0.717) is 37.4 Å². The Balaban J connectivity index is 4.50. The van der Waals surface area contributed by atoms with Crippen LogP contribution in [-0.2, 0) is 28.6 Å². The smallest absolute Gasteiger partial charge is 0.306 e. The Labute approximate surface area is 274 Å². The zero-order chi connectivity index (χ0) is 32.7. The first-order valence-electron chi connectivity index (χ1n) is 17.8. The Morgan fingerprint density at radius 1 is 0.705 bits per heavy atom. The monoisotopic (exact) mass is 644 g/mol. The number of thioether (sulfide) groups is 1. The number of carbonyl (C=O) groups excluding carboxylic acids is 3. The molecule has 0 aromatic rings. The predicted molar refractivity (Wildman–Crippen MR) is 184 cm³/mol. The molecule has 44 heavy (non-hydrogen) atoms. The number of hydrogen-bond donors (Lipinski definition) is 2. The lowest BCUT2D eigenvalue weighted by Crippen LogP contribution is -2.46. The molecular formula is C35H68N2O6S. The molecule has 0 fully saturated rings. The molecule has 0 heterocycles. The third kappa shape index (κ3) is 28.2. The summed E-state index contributed by atoms with van der Waals surface area (Å²) in [5, 5.41) is 2.91. The van der Waals surface area contributed by atoms with Gasteiger partial charge in [0.15, 0.2) is 0 Å². The Kier molecular flexibility index (Phi) is 30.7. The van der Waals surface area contributed by atoms with Gasteiger partial charge in [0.05, 0.1) is 6.04 Å². The van der Waals surface area contributed by atoms with Crippen molar-refractivity contribution in [3.8, 4) is 0 Å². The number of methoxy groups -OCH3 is 1. The Bertz CT molecular complexity index is 696.